The summed E-state index contributed by atoms with van der Waals surface area (Å²) in [5.41, 5.74) is 2.85. The molecule has 0 amide bonds. The summed E-state index contributed by atoms with van der Waals surface area (Å²) in [7, 11) is 0. The standard InChI is InChI=1S/C15H19N3O2/c1-2-16-8-14-10-18(11-17-14)9-13-6-4-3-5-12(13)7-15(19)20/h3-6,10-11,16H,2,7-9H2,1H3,(H,19,20). The van der Waals surface area contributed by atoms with E-state index < -0.39 is 5.97 Å². The Morgan fingerprint density at radius 2 is 2.10 bits per heavy atom. The second-order valence-electron chi connectivity index (χ2n) is 4.66. The van der Waals surface area contributed by atoms with E-state index in [9.17, 15) is 4.79 Å². The lowest BCUT2D eigenvalue weighted by Crippen LogP contribution is -2.11. The summed E-state index contributed by atoms with van der Waals surface area (Å²) in [5.74, 6) is -0.809. The highest BCUT2D eigenvalue weighted by Gasteiger charge is 2.07. The highest BCUT2D eigenvalue weighted by atomic mass is 16.4. The molecule has 20 heavy (non-hydrogen) atoms. The number of carboxylic acids is 1. The Balaban J connectivity index is 2.09. The molecule has 0 bridgehead atoms. The lowest BCUT2D eigenvalue weighted by Gasteiger charge is -2.08. The van der Waals surface area contributed by atoms with Gasteiger partial charge in [0.25, 0.3) is 0 Å². The van der Waals surface area contributed by atoms with E-state index in [4.69, 9.17) is 5.11 Å². The van der Waals surface area contributed by atoms with Crippen molar-refractivity contribution in [1.82, 2.24) is 14.9 Å². The predicted octanol–water partition coefficient (Wildman–Crippen LogP) is 1.67. The van der Waals surface area contributed by atoms with Gasteiger partial charge in [0.2, 0.25) is 0 Å². The van der Waals surface area contributed by atoms with E-state index in [0.717, 1.165) is 29.9 Å². The fourth-order valence-corrected chi connectivity index (χ4v) is 2.08. The monoisotopic (exact) mass is 273 g/mol. The average molecular weight is 273 g/mol. The Labute approximate surface area is 118 Å². The zero-order chi connectivity index (χ0) is 14.4. The molecular formula is C15H19N3O2. The van der Waals surface area contributed by atoms with Crippen LogP contribution in [0.4, 0.5) is 0 Å². The summed E-state index contributed by atoms with van der Waals surface area (Å²) < 4.78 is 1.98. The molecule has 0 saturated heterocycles. The predicted molar refractivity (Wildman–Crippen MR) is 76.5 cm³/mol. The van der Waals surface area contributed by atoms with Crippen molar-refractivity contribution in [3.8, 4) is 0 Å². The van der Waals surface area contributed by atoms with Crippen LogP contribution >= 0.6 is 0 Å². The molecule has 2 N–H and O–H groups in total. The van der Waals surface area contributed by atoms with E-state index in [1.54, 1.807) is 6.33 Å². The van der Waals surface area contributed by atoms with Crippen LogP contribution in [0.1, 0.15) is 23.7 Å². The van der Waals surface area contributed by atoms with Gasteiger partial charge in [0.1, 0.15) is 0 Å². The third-order valence-electron chi connectivity index (χ3n) is 3.06. The lowest BCUT2D eigenvalue weighted by atomic mass is 10.0. The first-order chi connectivity index (χ1) is 9.69. The molecule has 5 nitrogen and oxygen atoms in total. The first kappa shape index (κ1) is 14.3. The van der Waals surface area contributed by atoms with Crippen LogP contribution in [0.25, 0.3) is 0 Å². The number of carbonyl (C=O) groups is 1. The number of aromatic nitrogens is 2. The summed E-state index contributed by atoms with van der Waals surface area (Å²) in [5, 5.41) is 12.2. The number of nitrogens with zero attached hydrogens (tertiary/aromatic N) is 2. The van der Waals surface area contributed by atoms with Gasteiger partial charge in [-0.2, -0.15) is 0 Å². The van der Waals surface area contributed by atoms with Gasteiger partial charge >= 0.3 is 5.97 Å². The van der Waals surface area contributed by atoms with E-state index in [2.05, 4.69) is 17.2 Å². The topological polar surface area (TPSA) is 67.2 Å². The van der Waals surface area contributed by atoms with Crippen LogP contribution in [0.2, 0.25) is 0 Å². The molecule has 0 atom stereocenters. The quantitative estimate of drug-likeness (QED) is 0.805. The normalized spacial score (nSPS) is 10.7. The number of benzene rings is 1. The SMILES string of the molecule is CCNCc1cn(Cc2ccccc2CC(=O)O)cn1. The van der Waals surface area contributed by atoms with Crippen LogP contribution in [-0.4, -0.2) is 27.2 Å². The number of imidazole rings is 1. The van der Waals surface area contributed by atoms with Gasteiger partial charge < -0.3 is 15.0 Å². The number of hydrogen-bond acceptors (Lipinski definition) is 3. The van der Waals surface area contributed by atoms with Crippen molar-refractivity contribution in [3.63, 3.8) is 0 Å². The van der Waals surface area contributed by atoms with Gasteiger partial charge in [0.05, 0.1) is 18.4 Å². The molecule has 1 heterocycles. The molecule has 5 heteroatoms. The molecule has 0 spiro atoms. The summed E-state index contributed by atoms with van der Waals surface area (Å²) in [4.78, 5) is 15.2. The largest absolute Gasteiger partial charge is 0.481 e. The molecule has 0 saturated carbocycles. The average Bonchev–Trinajstić information content (AvgIpc) is 2.86. The van der Waals surface area contributed by atoms with E-state index in [0.29, 0.717) is 6.54 Å². The molecule has 106 valence electrons. The van der Waals surface area contributed by atoms with Gasteiger partial charge in [-0.05, 0) is 17.7 Å². The minimum atomic E-state index is -0.809. The van der Waals surface area contributed by atoms with Crippen LogP contribution in [-0.2, 0) is 24.3 Å². The Hall–Kier alpha value is -2.14. The number of aliphatic carboxylic acids is 1. The van der Waals surface area contributed by atoms with Gasteiger partial charge in [-0.15, -0.1) is 0 Å². The molecule has 0 unspecified atom stereocenters. The first-order valence-electron chi connectivity index (χ1n) is 6.69. The zero-order valence-corrected chi connectivity index (χ0v) is 11.5. The van der Waals surface area contributed by atoms with Crippen molar-refractivity contribution in [1.29, 1.82) is 0 Å². The van der Waals surface area contributed by atoms with E-state index in [1.165, 1.54) is 0 Å². The zero-order valence-electron chi connectivity index (χ0n) is 11.5. The molecule has 0 fully saturated rings. The maximum Gasteiger partial charge on any atom is 0.307 e. The first-order valence-corrected chi connectivity index (χ1v) is 6.69. The highest BCUT2D eigenvalue weighted by molar-refractivity contribution is 5.70. The van der Waals surface area contributed by atoms with Crippen LogP contribution in [0.5, 0.6) is 0 Å². The Kier molecular flexibility index (Phi) is 4.90. The number of carboxylic acid groups (broad SMARTS) is 1. The van der Waals surface area contributed by atoms with Gasteiger partial charge in [0, 0.05) is 19.3 Å². The maximum absolute atomic E-state index is 10.9. The number of nitrogens with one attached hydrogen (secondary N) is 1. The molecule has 1 aromatic heterocycles. The second kappa shape index (κ2) is 6.86. The smallest absolute Gasteiger partial charge is 0.307 e. The van der Waals surface area contributed by atoms with E-state index in [1.807, 2.05) is 35.0 Å². The van der Waals surface area contributed by atoms with E-state index in [-0.39, 0.29) is 6.42 Å². The minimum Gasteiger partial charge on any atom is -0.481 e. The molecule has 0 aliphatic carbocycles. The van der Waals surface area contributed by atoms with Crippen molar-refractivity contribution in [2.75, 3.05) is 6.54 Å². The minimum absolute atomic E-state index is 0.0507. The van der Waals surface area contributed by atoms with E-state index >= 15 is 0 Å². The van der Waals surface area contributed by atoms with Gasteiger partial charge in [-0.25, -0.2) is 4.98 Å². The maximum atomic E-state index is 10.9. The van der Waals surface area contributed by atoms with Crippen molar-refractivity contribution in [2.24, 2.45) is 0 Å². The Bertz CT molecular complexity index is 578. The number of hydrogen-bond donors (Lipinski definition) is 2. The fourth-order valence-electron chi connectivity index (χ4n) is 2.08. The molecule has 0 radical (unpaired) electrons. The molecule has 1 aromatic carbocycles. The van der Waals surface area contributed by atoms with Crippen LogP contribution < -0.4 is 5.32 Å². The van der Waals surface area contributed by atoms with Gasteiger partial charge in [-0.3, -0.25) is 4.79 Å². The van der Waals surface area contributed by atoms with Crippen molar-refractivity contribution in [2.45, 2.75) is 26.4 Å². The van der Waals surface area contributed by atoms with Crippen LogP contribution in [0, 0.1) is 0 Å². The molecule has 2 rings (SSSR count). The highest BCUT2D eigenvalue weighted by Crippen LogP contribution is 2.12. The summed E-state index contributed by atoms with van der Waals surface area (Å²) in [6.07, 6.45) is 3.82. The number of rotatable bonds is 7. The van der Waals surface area contributed by atoms with Crippen molar-refractivity contribution in [3.05, 3.63) is 53.6 Å². The second-order valence-corrected chi connectivity index (χ2v) is 4.66. The molecule has 2 aromatic rings. The van der Waals surface area contributed by atoms with Crippen LogP contribution in [0.3, 0.4) is 0 Å². The van der Waals surface area contributed by atoms with Crippen LogP contribution in [0.15, 0.2) is 36.8 Å². The van der Waals surface area contributed by atoms with Gasteiger partial charge in [0.15, 0.2) is 0 Å². The van der Waals surface area contributed by atoms with Gasteiger partial charge in [-0.1, -0.05) is 31.2 Å². The lowest BCUT2D eigenvalue weighted by molar-refractivity contribution is -0.136. The summed E-state index contributed by atoms with van der Waals surface area (Å²) in [6.45, 7) is 4.36. The third-order valence-corrected chi connectivity index (χ3v) is 3.06. The molecule has 0 aliphatic rings. The Morgan fingerprint density at radius 3 is 2.80 bits per heavy atom. The Morgan fingerprint density at radius 1 is 1.35 bits per heavy atom. The fraction of sp³-hybridized carbons (Fsp3) is 0.333. The van der Waals surface area contributed by atoms with Crippen molar-refractivity contribution < 1.29 is 9.90 Å². The molecule has 0 aliphatic heterocycles. The van der Waals surface area contributed by atoms with Crippen molar-refractivity contribution >= 4 is 5.97 Å². The molecular weight excluding hydrogens is 254 g/mol. The summed E-state index contributed by atoms with van der Waals surface area (Å²) in [6, 6.07) is 7.62. The summed E-state index contributed by atoms with van der Waals surface area (Å²) >= 11 is 0. The third kappa shape index (κ3) is 3.93.